The van der Waals surface area contributed by atoms with Crippen molar-refractivity contribution >= 4 is 15.9 Å². The SMILES string of the molecule is Cc1cccc(-c2cccc(-c3cccc(C)c3)c2Br)c1. The summed E-state index contributed by atoms with van der Waals surface area (Å²) in [5, 5.41) is 0. The Morgan fingerprint density at radius 3 is 1.48 bits per heavy atom. The van der Waals surface area contributed by atoms with Crippen LogP contribution in [0.5, 0.6) is 0 Å². The van der Waals surface area contributed by atoms with Crippen LogP contribution in [0.25, 0.3) is 22.3 Å². The Morgan fingerprint density at radius 1 is 0.619 bits per heavy atom. The number of hydrogen-bond acceptors (Lipinski definition) is 0. The van der Waals surface area contributed by atoms with Gasteiger partial charge in [0.05, 0.1) is 0 Å². The van der Waals surface area contributed by atoms with Crippen molar-refractivity contribution in [3.63, 3.8) is 0 Å². The van der Waals surface area contributed by atoms with Gasteiger partial charge in [0.25, 0.3) is 0 Å². The fourth-order valence-electron chi connectivity index (χ4n) is 2.60. The average Bonchev–Trinajstić information content (AvgIpc) is 2.47. The van der Waals surface area contributed by atoms with Crippen LogP contribution in [-0.2, 0) is 0 Å². The molecule has 0 aliphatic heterocycles. The van der Waals surface area contributed by atoms with Gasteiger partial charge < -0.3 is 0 Å². The van der Waals surface area contributed by atoms with Crippen LogP contribution in [-0.4, -0.2) is 0 Å². The molecule has 0 fully saturated rings. The van der Waals surface area contributed by atoms with Gasteiger partial charge in [0.1, 0.15) is 0 Å². The molecule has 0 unspecified atom stereocenters. The van der Waals surface area contributed by atoms with Crippen molar-refractivity contribution in [1.82, 2.24) is 0 Å². The number of aryl methyl sites for hydroxylation is 2. The van der Waals surface area contributed by atoms with E-state index in [9.17, 15) is 0 Å². The minimum Gasteiger partial charge on any atom is -0.0614 e. The van der Waals surface area contributed by atoms with Crippen LogP contribution in [0.4, 0.5) is 0 Å². The highest BCUT2D eigenvalue weighted by molar-refractivity contribution is 9.10. The van der Waals surface area contributed by atoms with E-state index in [1.165, 1.54) is 33.4 Å². The molecule has 1 heteroatoms. The third-order valence-corrected chi connectivity index (χ3v) is 4.51. The summed E-state index contributed by atoms with van der Waals surface area (Å²) in [7, 11) is 0. The van der Waals surface area contributed by atoms with Crippen molar-refractivity contribution in [1.29, 1.82) is 0 Å². The maximum absolute atomic E-state index is 3.80. The zero-order valence-electron chi connectivity index (χ0n) is 12.2. The van der Waals surface area contributed by atoms with E-state index in [4.69, 9.17) is 0 Å². The second kappa shape index (κ2) is 5.87. The fraction of sp³-hybridized carbons (Fsp3) is 0.100. The monoisotopic (exact) mass is 336 g/mol. The molecule has 3 aromatic rings. The van der Waals surface area contributed by atoms with Gasteiger partial charge in [0, 0.05) is 4.47 Å². The van der Waals surface area contributed by atoms with E-state index in [0.29, 0.717) is 0 Å². The standard InChI is InChI=1S/C20H17Br/c1-14-6-3-8-16(12-14)18-10-5-11-19(20(18)21)17-9-4-7-15(2)13-17/h3-13H,1-2H3. The van der Waals surface area contributed by atoms with Crippen molar-refractivity contribution in [2.45, 2.75) is 13.8 Å². The first-order valence-corrected chi connectivity index (χ1v) is 7.87. The first-order chi connectivity index (χ1) is 10.1. The molecular formula is C20H17Br. The van der Waals surface area contributed by atoms with E-state index < -0.39 is 0 Å². The van der Waals surface area contributed by atoms with Crippen LogP contribution in [0.1, 0.15) is 11.1 Å². The van der Waals surface area contributed by atoms with Crippen molar-refractivity contribution < 1.29 is 0 Å². The smallest absolute Gasteiger partial charge is 0.0332 e. The number of halogens is 1. The molecule has 0 amide bonds. The summed E-state index contributed by atoms with van der Waals surface area (Å²) in [5.74, 6) is 0. The van der Waals surface area contributed by atoms with E-state index in [0.717, 1.165) is 4.47 Å². The lowest BCUT2D eigenvalue weighted by Gasteiger charge is -2.11. The summed E-state index contributed by atoms with van der Waals surface area (Å²) in [6, 6.07) is 23.7. The molecule has 0 radical (unpaired) electrons. The first-order valence-electron chi connectivity index (χ1n) is 7.08. The van der Waals surface area contributed by atoms with Gasteiger partial charge in [-0.15, -0.1) is 0 Å². The van der Waals surface area contributed by atoms with Crippen molar-refractivity contribution in [3.05, 3.63) is 82.3 Å². The van der Waals surface area contributed by atoms with Gasteiger partial charge in [-0.05, 0) is 52.0 Å². The highest BCUT2D eigenvalue weighted by Crippen LogP contribution is 2.37. The molecule has 3 aromatic carbocycles. The van der Waals surface area contributed by atoms with E-state index in [2.05, 4.69) is 96.5 Å². The van der Waals surface area contributed by atoms with E-state index in [1.807, 2.05) is 0 Å². The molecule has 0 aromatic heterocycles. The Labute approximate surface area is 134 Å². The third kappa shape index (κ3) is 2.93. The lowest BCUT2D eigenvalue weighted by atomic mass is 9.97. The summed E-state index contributed by atoms with van der Waals surface area (Å²) in [6.45, 7) is 4.25. The van der Waals surface area contributed by atoms with Gasteiger partial charge in [-0.25, -0.2) is 0 Å². The maximum Gasteiger partial charge on any atom is 0.0332 e. The van der Waals surface area contributed by atoms with Gasteiger partial charge >= 0.3 is 0 Å². The molecular weight excluding hydrogens is 320 g/mol. The highest BCUT2D eigenvalue weighted by atomic mass is 79.9. The molecule has 0 saturated carbocycles. The molecule has 0 bridgehead atoms. The van der Waals surface area contributed by atoms with Gasteiger partial charge in [-0.1, -0.05) is 77.9 Å². The molecule has 104 valence electrons. The Bertz CT molecular complexity index is 724. The number of benzene rings is 3. The number of hydrogen-bond donors (Lipinski definition) is 0. The maximum atomic E-state index is 3.80. The Morgan fingerprint density at radius 2 is 1.05 bits per heavy atom. The van der Waals surface area contributed by atoms with Crippen molar-refractivity contribution in [2.75, 3.05) is 0 Å². The molecule has 0 aliphatic carbocycles. The quantitative estimate of drug-likeness (QED) is 0.507. The molecule has 21 heavy (non-hydrogen) atoms. The van der Waals surface area contributed by atoms with Crippen LogP contribution in [0.15, 0.2) is 71.2 Å². The molecule has 0 heterocycles. The van der Waals surface area contributed by atoms with E-state index in [-0.39, 0.29) is 0 Å². The first kappa shape index (κ1) is 14.1. The normalized spacial score (nSPS) is 10.6. The van der Waals surface area contributed by atoms with Crippen LogP contribution in [0, 0.1) is 13.8 Å². The largest absolute Gasteiger partial charge is 0.0614 e. The van der Waals surface area contributed by atoms with Gasteiger partial charge in [-0.3, -0.25) is 0 Å². The van der Waals surface area contributed by atoms with E-state index >= 15 is 0 Å². The minimum absolute atomic E-state index is 1.15. The van der Waals surface area contributed by atoms with Crippen LogP contribution in [0.2, 0.25) is 0 Å². The molecule has 0 N–H and O–H groups in total. The summed E-state index contributed by atoms with van der Waals surface area (Å²) in [6.07, 6.45) is 0. The second-order valence-electron chi connectivity index (χ2n) is 5.41. The van der Waals surface area contributed by atoms with Crippen LogP contribution in [0.3, 0.4) is 0 Å². The highest BCUT2D eigenvalue weighted by Gasteiger charge is 2.09. The van der Waals surface area contributed by atoms with Crippen molar-refractivity contribution in [2.24, 2.45) is 0 Å². The van der Waals surface area contributed by atoms with Crippen molar-refractivity contribution in [3.8, 4) is 22.3 Å². The summed E-state index contributed by atoms with van der Waals surface area (Å²) >= 11 is 3.80. The van der Waals surface area contributed by atoms with Gasteiger partial charge in [0.2, 0.25) is 0 Å². The van der Waals surface area contributed by atoms with E-state index in [1.54, 1.807) is 0 Å². The Balaban J connectivity index is 2.16. The van der Waals surface area contributed by atoms with Crippen LogP contribution < -0.4 is 0 Å². The zero-order valence-corrected chi connectivity index (χ0v) is 13.8. The summed E-state index contributed by atoms with van der Waals surface area (Å²) < 4.78 is 1.15. The van der Waals surface area contributed by atoms with Crippen LogP contribution >= 0.6 is 15.9 Å². The lowest BCUT2D eigenvalue weighted by Crippen LogP contribution is -1.86. The Hall–Kier alpha value is -1.86. The fourth-order valence-corrected chi connectivity index (χ4v) is 3.33. The summed E-state index contributed by atoms with van der Waals surface area (Å²) in [5.41, 5.74) is 7.52. The molecule has 0 atom stereocenters. The lowest BCUT2D eigenvalue weighted by molar-refractivity contribution is 1.45. The predicted octanol–water partition coefficient (Wildman–Crippen LogP) is 6.40. The Kier molecular flexibility index (Phi) is 3.94. The second-order valence-corrected chi connectivity index (χ2v) is 6.20. The average molecular weight is 337 g/mol. The molecule has 3 rings (SSSR count). The molecule has 0 spiro atoms. The predicted molar refractivity (Wildman–Crippen MR) is 94.5 cm³/mol. The summed E-state index contributed by atoms with van der Waals surface area (Å²) in [4.78, 5) is 0. The molecule has 0 aliphatic rings. The minimum atomic E-state index is 1.15. The topological polar surface area (TPSA) is 0 Å². The zero-order chi connectivity index (χ0) is 14.8. The van der Waals surface area contributed by atoms with Gasteiger partial charge in [-0.2, -0.15) is 0 Å². The third-order valence-electron chi connectivity index (χ3n) is 3.66. The number of rotatable bonds is 2. The molecule has 0 nitrogen and oxygen atoms in total. The van der Waals surface area contributed by atoms with Gasteiger partial charge in [0.15, 0.2) is 0 Å². The molecule has 0 saturated heterocycles.